The molecule has 0 fully saturated rings. The van der Waals surface area contributed by atoms with Crippen molar-refractivity contribution in [2.75, 3.05) is 0 Å². The van der Waals surface area contributed by atoms with E-state index in [9.17, 15) is 10.1 Å². The summed E-state index contributed by atoms with van der Waals surface area (Å²) in [6.07, 6.45) is 0.307. The molecule has 0 heterocycles. The standard InChI is InChI=1S/C15H9N3O3/c16-8-7-11-1-4-14(5-2-11)21-15-6-3-13(18(19)20)9-12(15)10-17/h1-6,9H,7H2. The number of nitrogens with zero attached hydrogens (tertiary/aromatic N) is 3. The molecule has 2 rings (SSSR count). The Kier molecular flexibility index (Phi) is 4.13. The van der Waals surface area contributed by atoms with Crippen molar-refractivity contribution in [3.05, 3.63) is 63.7 Å². The summed E-state index contributed by atoms with van der Waals surface area (Å²) in [5.41, 5.74) is 0.780. The van der Waals surface area contributed by atoms with Crippen LogP contribution in [0.25, 0.3) is 0 Å². The highest BCUT2D eigenvalue weighted by Gasteiger charge is 2.12. The fourth-order valence-corrected chi connectivity index (χ4v) is 1.70. The Balaban J connectivity index is 2.25. The van der Waals surface area contributed by atoms with Crippen LogP contribution in [0, 0.1) is 32.8 Å². The first-order valence-corrected chi connectivity index (χ1v) is 5.96. The summed E-state index contributed by atoms with van der Waals surface area (Å²) in [7, 11) is 0. The fourth-order valence-electron chi connectivity index (χ4n) is 1.70. The zero-order valence-corrected chi connectivity index (χ0v) is 10.8. The van der Waals surface area contributed by atoms with E-state index in [0.717, 1.165) is 5.56 Å². The molecule has 0 amide bonds. The minimum Gasteiger partial charge on any atom is -0.456 e. The first-order chi connectivity index (χ1) is 10.1. The van der Waals surface area contributed by atoms with Crippen LogP contribution in [-0.2, 0) is 6.42 Å². The van der Waals surface area contributed by atoms with Gasteiger partial charge in [0.05, 0.1) is 17.4 Å². The monoisotopic (exact) mass is 279 g/mol. The van der Waals surface area contributed by atoms with Crippen molar-refractivity contribution in [1.29, 1.82) is 10.5 Å². The van der Waals surface area contributed by atoms with Crippen molar-refractivity contribution in [3.8, 4) is 23.6 Å². The molecular formula is C15H9N3O3. The van der Waals surface area contributed by atoms with Gasteiger partial charge >= 0.3 is 0 Å². The molecule has 2 aromatic rings. The summed E-state index contributed by atoms with van der Waals surface area (Å²) in [6.45, 7) is 0. The molecule has 0 spiro atoms. The smallest absolute Gasteiger partial charge is 0.271 e. The number of benzene rings is 2. The number of rotatable bonds is 4. The van der Waals surface area contributed by atoms with E-state index in [2.05, 4.69) is 0 Å². The van der Waals surface area contributed by atoms with Gasteiger partial charge in [-0.1, -0.05) is 12.1 Å². The summed E-state index contributed by atoms with van der Waals surface area (Å²) in [6, 6.07) is 14.6. The highest BCUT2D eigenvalue weighted by molar-refractivity contribution is 5.51. The molecular weight excluding hydrogens is 270 g/mol. The second-order valence-corrected chi connectivity index (χ2v) is 4.13. The lowest BCUT2D eigenvalue weighted by Gasteiger charge is -2.07. The number of hydrogen-bond donors (Lipinski definition) is 0. The van der Waals surface area contributed by atoms with Crippen molar-refractivity contribution in [2.24, 2.45) is 0 Å². The van der Waals surface area contributed by atoms with Crippen LogP contribution in [0.4, 0.5) is 5.69 Å². The van der Waals surface area contributed by atoms with E-state index in [1.54, 1.807) is 24.3 Å². The number of nitro groups is 1. The molecule has 0 N–H and O–H groups in total. The van der Waals surface area contributed by atoms with Gasteiger partial charge in [0.15, 0.2) is 0 Å². The zero-order chi connectivity index (χ0) is 15.2. The molecule has 21 heavy (non-hydrogen) atoms. The van der Waals surface area contributed by atoms with Crippen molar-refractivity contribution < 1.29 is 9.66 Å². The molecule has 0 bridgehead atoms. The predicted molar refractivity (Wildman–Crippen MR) is 73.6 cm³/mol. The minimum atomic E-state index is -0.568. The maximum atomic E-state index is 10.7. The van der Waals surface area contributed by atoms with Gasteiger partial charge in [-0.2, -0.15) is 10.5 Å². The molecule has 0 saturated carbocycles. The van der Waals surface area contributed by atoms with Gasteiger partial charge in [-0.25, -0.2) is 0 Å². The van der Waals surface area contributed by atoms with Crippen LogP contribution < -0.4 is 4.74 Å². The molecule has 0 aromatic heterocycles. The lowest BCUT2D eigenvalue weighted by atomic mass is 10.1. The molecule has 102 valence electrons. The van der Waals surface area contributed by atoms with Gasteiger partial charge in [0, 0.05) is 12.1 Å². The van der Waals surface area contributed by atoms with Crippen LogP contribution in [0.2, 0.25) is 0 Å². The maximum absolute atomic E-state index is 10.7. The number of ether oxygens (including phenoxy) is 1. The maximum Gasteiger partial charge on any atom is 0.271 e. The number of nitro benzene ring substituents is 1. The normalized spacial score (nSPS) is 9.43. The van der Waals surface area contributed by atoms with E-state index in [1.165, 1.54) is 18.2 Å². The Morgan fingerprint density at radius 2 is 1.86 bits per heavy atom. The van der Waals surface area contributed by atoms with Gasteiger partial charge in [-0.05, 0) is 23.8 Å². The van der Waals surface area contributed by atoms with E-state index in [1.807, 2.05) is 12.1 Å². The van der Waals surface area contributed by atoms with Crippen LogP contribution in [0.1, 0.15) is 11.1 Å². The van der Waals surface area contributed by atoms with Crippen LogP contribution in [0.3, 0.4) is 0 Å². The van der Waals surface area contributed by atoms with Crippen LogP contribution in [0.5, 0.6) is 11.5 Å². The molecule has 6 heteroatoms. The predicted octanol–water partition coefficient (Wildman–Crippen LogP) is 3.32. The Morgan fingerprint density at radius 1 is 1.14 bits per heavy atom. The number of non-ortho nitro benzene ring substituents is 1. The van der Waals surface area contributed by atoms with Crippen molar-refractivity contribution in [3.63, 3.8) is 0 Å². The molecule has 0 aliphatic rings. The summed E-state index contributed by atoms with van der Waals surface area (Å²) in [4.78, 5) is 10.1. The second-order valence-electron chi connectivity index (χ2n) is 4.13. The van der Waals surface area contributed by atoms with Gasteiger partial charge in [-0.3, -0.25) is 10.1 Å². The van der Waals surface area contributed by atoms with Crippen molar-refractivity contribution >= 4 is 5.69 Å². The van der Waals surface area contributed by atoms with Crippen molar-refractivity contribution in [2.45, 2.75) is 6.42 Å². The Hall–Kier alpha value is -3.38. The quantitative estimate of drug-likeness (QED) is 0.631. The third-order valence-electron chi connectivity index (χ3n) is 2.73. The molecule has 0 atom stereocenters. The molecule has 0 saturated heterocycles. The van der Waals surface area contributed by atoms with E-state index >= 15 is 0 Å². The lowest BCUT2D eigenvalue weighted by Crippen LogP contribution is -1.92. The van der Waals surface area contributed by atoms with Gasteiger partial charge in [0.2, 0.25) is 0 Å². The SMILES string of the molecule is N#CCc1ccc(Oc2ccc([N+](=O)[O-])cc2C#N)cc1. The van der Waals surface area contributed by atoms with E-state index < -0.39 is 4.92 Å². The third-order valence-corrected chi connectivity index (χ3v) is 2.73. The third kappa shape index (κ3) is 3.34. The van der Waals surface area contributed by atoms with Gasteiger partial charge < -0.3 is 4.74 Å². The average Bonchev–Trinajstić information content (AvgIpc) is 2.49. The van der Waals surface area contributed by atoms with Gasteiger partial charge in [0.25, 0.3) is 5.69 Å². The van der Waals surface area contributed by atoms with Crippen LogP contribution >= 0.6 is 0 Å². The largest absolute Gasteiger partial charge is 0.456 e. The Morgan fingerprint density at radius 3 is 2.43 bits per heavy atom. The van der Waals surface area contributed by atoms with Gasteiger partial charge in [0.1, 0.15) is 23.1 Å². The number of nitriles is 2. The first kappa shape index (κ1) is 14.0. The minimum absolute atomic E-state index is 0.0882. The van der Waals surface area contributed by atoms with E-state index in [-0.39, 0.29) is 17.0 Å². The summed E-state index contributed by atoms with van der Waals surface area (Å²) >= 11 is 0. The van der Waals surface area contributed by atoms with E-state index in [4.69, 9.17) is 15.3 Å². The van der Waals surface area contributed by atoms with Crippen LogP contribution in [-0.4, -0.2) is 4.92 Å². The van der Waals surface area contributed by atoms with Gasteiger partial charge in [-0.15, -0.1) is 0 Å². The first-order valence-electron chi connectivity index (χ1n) is 5.96. The highest BCUT2D eigenvalue weighted by atomic mass is 16.6. The number of hydrogen-bond acceptors (Lipinski definition) is 5. The molecule has 2 aromatic carbocycles. The zero-order valence-electron chi connectivity index (χ0n) is 10.8. The summed E-state index contributed by atoms with van der Waals surface area (Å²) in [5, 5.41) is 28.3. The van der Waals surface area contributed by atoms with Crippen molar-refractivity contribution in [1.82, 2.24) is 0 Å². The summed E-state index contributed by atoms with van der Waals surface area (Å²) in [5.74, 6) is 0.734. The molecule has 0 aliphatic carbocycles. The fraction of sp³-hybridized carbons (Fsp3) is 0.0667. The molecule has 0 aliphatic heterocycles. The van der Waals surface area contributed by atoms with E-state index in [0.29, 0.717) is 12.2 Å². The highest BCUT2D eigenvalue weighted by Crippen LogP contribution is 2.28. The topological polar surface area (TPSA) is 99.9 Å². The molecule has 0 radical (unpaired) electrons. The second kappa shape index (κ2) is 6.18. The average molecular weight is 279 g/mol. The molecule has 0 unspecified atom stereocenters. The Bertz CT molecular complexity index is 755. The lowest BCUT2D eigenvalue weighted by molar-refractivity contribution is -0.384. The van der Waals surface area contributed by atoms with Crippen LogP contribution in [0.15, 0.2) is 42.5 Å². The molecule has 6 nitrogen and oxygen atoms in total. The summed E-state index contributed by atoms with van der Waals surface area (Å²) < 4.78 is 5.54. The Labute approximate surface area is 120 Å².